The lowest BCUT2D eigenvalue weighted by Crippen LogP contribution is -2.45. The van der Waals surface area contributed by atoms with Crippen molar-refractivity contribution in [1.29, 1.82) is 0 Å². The number of aliphatic hydroxyl groups excluding tert-OH is 1. The maximum absolute atomic E-state index is 13.0. The lowest BCUT2D eigenvalue weighted by molar-refractivity contribution is -0.870. The lowest BCUT2D eigenvalue weighted by Gasteiger charge is -2.29. The quantitative estimate of drug-likeness (QED) is 0.0272. The van der Waals surface area contributed by atoms with Gasteiger partial charge >= 0.3 is 0 Å². The summed E-state index contributed by atoms with van der Waals surface area (Å²) < 4.78 is 23.4. The zero-order chi connectivity index (χ0) is 54.9. The molecule has 3 unspecified atom stereocenters. The maximum atomic E-state index is 13.0. The van der Waals surface area contributed by atoms with Crippen molar-refractivity contribution in [2.24, 2.45) is 0 Å². The fraction of sp³-hybridized carbons (Fsp3) is 0.712. The molecule has 0 heterocycles. The molecule has 0 aromatic rings. The van der Waals surface area contributed by atoms with Crippen molar-refractivity contribution in [2.75, 3.05) is 40.9 Å². The molecular formula is C66H117N2O6P. The van der Waals surface area contributed by atoms with E-state index in [1.165, 1.54) is 148 Å². The number of aliphatic hydroxyl groups is 1. The second-order valence-corrected chi connectivity index (χ2v) is 23.1. The number of allylic oxidation sites excluding steroid dienone is 17. The van der Waals surface area contributed by atoms with E-state index in [9.17, 15) is 19.4 Å². The van der Waals surface area contributed by atoms with Gasteiger partial charge in [-0.2, -0.15) is 0 Å². The van der Waals surface area contributed by atoms with Crippen LogP contribution in [-0.2, 0) is 18.4 Å². The minimum Gasteiger partial charge on any atom is -0.756 e. The molecule has 8 nitrogen and oxygen atoms in total. The highest BCUT2D eigenvalue weighted by Crippen LogP contribution is 2.38. The number of nitrogens with zero attached hydrogens (tertiary/aromatic N) is 1. The third-order valence-electron chi connectivity index (χ3n) is 13.2. The third kappa shape index (κ3) is 58.7. The van der Waals surface area contributed by atoms with Gasteiger partial charge in [0.1, 0.15) is 13.2 Å². The molecule has 1 amide bonds. The lowest BCUT2D eigenvalue weighted by atomic mass is 10.0. The summed E-state index contributed by atoms with van der Waals surface area (Å²) in [5, 5.41) is 13.9. The van der Waals surface area contributed by atoms with Crippen LogP contribution in [0.4, 0.5) is 0 Å². The molecule has 0 rings (SSSR count). The van der Waals surface area contributed by atoms with Crippen LogP contribution in [0.25, 0.3) is 0 Å². The van der Waals surface area contributed by atoms with Crippen LogP contribution in [-0.4, -0.2) is 68.5 Å². The van der Waals surface area contributed by atoms with Gasteiger partial charge in [-0.25, -0.2) is 0 Å². The smallest absolute Gasteiger partial charge is 0.268 e. The molecule has 0 aromatic carbocycles. The van der Waals surface area contributed by atoms with Crippen LogP contribution in [0.5, 0.6) is 0 Å². The van der Waals surface area contributed by atoms with Crippen molar-refractivity contribution >= 4 is 13.7 Å². The average Bonchev–Trinajstić information content (AvgIpc) is 3.37. The number of nitrogens with one attached hydrogen (secondary N) is 1. The molecule has 0 saturated carbocycles. The Morgan fingerprint density at radius 3 is 1.24 bits per heavy atom. The second kappa shape index (κ2) is 55.9. The number of amides is 1. The van der Waals surface area contributed by atoms with E-state index in [2.05, 4.69) is 116 Å². The van der Waals surface area contributed by atoms with Crippen LogP contribution in [0.3, 0.4) is 0 Å². The van der Waals surface area contributed by atoms with Crippen molar-refractivity contribution in [3.63, 3.8) is 0 Å². The molecular weight excluding hydrogens is 948 g/mol. The fourth-order valence-corrected chi connectivity index (χ4v) is 9.15. The first-order valence-electron chi connectivity index (χ1n) is 30.7. The Labute approximate surface area is 463 Å². The molecule has 0 aliphatic carbocycles. The van der Waals surface area contributed by atoms with E-state index < -0.39 is 26.6 Å². The van der Waals surface area contributed by atoms with E-state index in [1.807, 2.05) is 27.2 Å². The topological polar surface area (TPSA) is 108 Å². The van der Waals surface area contributed by atoms with Crippen LogP contribution in [0.1, 0.15) is 251 Å². The SMILES string of the molecule is CC/C=C\C/C=C\C/C=C\C/C=C\C/C=C\C/C=C\CCCCCCCCCCCCCCC(=O)NC(COP(=O)([O-])OCC[N+](C)(C)C)C(O)/C=C/CC/C=C/CC/C=C/CCCCCCCCCCCCCC. The number of hydrogen-bond acceptors (Lipinski definition) is 6. The van der Waals surface area contributed by atoms with Gasteiger partial charge < -0.3 is 28.8 Å². The molecule has 75 heavy (non-hydrogen) atoms. The van der Waals surface area contributed by atoms with Gasteiger partial charge in [-0.3, -0.25) is 9.36 Å². The monoisotopic (exact) mass is 1060 g/mol. The predicted molar refractivity (Wildman–Crippen MR) is 325 cm³/mol. The normalized spacial score (nSPS) is 14.6. The van der Waals surface area contributed by atoms with Gasteiger partial charge in [-0.1, -0.05) is 258 Å². The Balaban J connectivity index is 4.24. The summed E-state index contributed by atoms with van der Waals surface area (Å²) in [6.07, 6.45) is 81.8. The van der Waals surface area contributed by atoms with Gasteiger partial charge in [-0.05, 0) is 96.3 Å². The van der Waals surface area contributed by atoms with Gasteiger partial charge in [0, 0.05) is 6.42 Å². The number of hydrogen-bond donors (Lipinski definition) is 2. The Kier molecular flexibility index (Phi) is 53.8. The fourth-order valence-electron chi connectivity index (χ4n) is 8.42. The first kappa shape index (κ1) is 72.2. The van der Waals surface area contributed by atoms with E-state index >= 15 is 0 Å². The van der Waals surface area contributed by atoms with Crippen LogP contribution >= 0.6 is 7.82 Å². The van der Waals surface area contributed by atoms with Crippen LogP contribution < -0.4 is 10.2 Å². The van der Waals surface area contributed by atoms with Crippen LogP contribution in [0, 0.1) is 0 Å². The number of quaternary nitrogens is 1. The number of carbonyl (C=O) groups excluding carboxylic acids is 1. The molecule has 0 fully saturated rings. The molecule has 0 aromatic heterocycles. The molecule has 0 radical (unpaired) electrons. The summed E-state index contributed by atoms with van der Waals surface area (Å²) in [6, 6.07) is -0.919. The zero-order valence-electron chi connectivity index (χ0n) is 49.2. The summed E-state index contributed by atoms with van der Waals surface area (Å²) in [4.78, 5) is 25.5. The van der Waals surface area contributed by atoms with E-state index in [0.29, 0.717) is 17.4 Å². The zero-order valence-corrected chi connectivity index (χ0v) is 50.1. The largest absolute Gasteiger partial charge is 0.756 e. The minimum atomic E-state index is -4.62. The van der Waals surface area contributed by atoms with Gasteiger partial charge in [0.25, 0.3) is 7.82 Å². The highest BCUT2D eigenvalue weighted by molar-refractivity contribution is 7.45. The average molecular weight is 1070 g/mol. The molecule has 2 N–H and O–H groups in total. The van der Waals surface area contributed by atoms with E-state index in [1.54, 1.807) is 6.08 Å². The molecule has 0 aliphatic heterocycles. The number of rotatable bonds is 55. The summed E-state index contributed by atoms with van der Waals surface area (Å²) >= 11 is 0. The standard InChI is InChI=1S/C66H117N2O6P/c1-6-8-10-12-14-16-18-20-22-24-26-28-30-31-32-33-34-35-36-37-38-40-42-44-46-48-50-52-54-56-58-60-66(70)67-64(63-74-75(71,72)73-62-61-68(3,4)5)65(69)59-57-55-53-51-49-47-45-43-41-39-29-27-25-23-21-19-17-15-13-11-9-7-2/h8,10,14,16,20,22,26,28,31-32,34-35,41,43,49,51,57,59,64-65,69H,6-7,9,11-13,15,17-19,21,23-25,27,29-30,33,36-40,42,44-48,50,52-56,58,60-63H2,1-5H3,(H-,67,70,71,72)/b10-8-,16-14-,22-20-,28-26-,32-31-,35-34-,43-41+,51-49+,59-57+. The first-order chi connectivity index (χ1) is 36.5. The summed E-state index contributed by atoms with van der Waals surface area (Å²) in [5.74, 6) is -0.217. The minimum absolute atomic E-state index is 0.0140. The second-order valence-electron chi connectivity index (χ2n) is 21.7. The van der Waals surface area contributed by atoms with Gasteiger partial charge in [0.15, 0.2) is 0 Å². The molecule has 9 heteroatoms. The number of carbonyl (C=O) groups is 1. The first-order valence-corrected chi connectivity index (χ1v) is 32.2. The molecule has 0 spiro atoms. The van der Waals surface area contributed by atoms with Crippen molar-refractivity contribution in [1.82, 2.24) is 5.32 Å². The van der Waals surface area contributed by atoms with Crippen molar-refractivity contribution < 1.29 is 32.9 Å². The van der Waals surface area contributed by atoms with Crippen molar-refractivity contribution in [2.45, 2.75) is 264 Å². The van der Waals surface area contributed by atoms with E-state index in [4.69, 9.17) is 9.05 Å². The summed E-state index contributed by atoms with van der Waals surface area (Å²) in [6.45, 7) is 4.51. The summed E-state index contributed by atoms with van der Waals surface area (Å²) in [7, 11) is 1.22. The van der Waals surface area contributed by atoms with E-state index in [0.717, 1.165) is 83.5 Å². The Hall–Kier alpha value is -2.84. The maximum Gasteiger partial charge on any atom is 0.268 e. The Morgan fingerprint density at radius 2 is 0.827 bits per heavy atom. The number of likely N-dealkylation sites (N-methyl/N-ethyl adjacent to an activating group) is 1. The predicted octanol–water partition coefficient (Wildman–Crippen LogP) is 18.5. The van der Waals surface area contributed by atoms with Crippen LogP contribution in [0.15, 0.2) is 109 Å². The summed E-state index contributed by atoms with van der Waals surface area (Å²) in [5.41, 5.74) is 0. The highest BCUT2D eigenvalue weighted by Gasteiger charge is 2.23. The molecule has 432 valence electrons. The van der Waals surface area contributed by atoms with Gasteiger partial charge in [0.05, 0.1) is 39.9 Å². The van der Waals surface area contributed by atoms with Gasteiger partial charge in [0.2, 0.25) is 5.91 Å². The van der Waals surface area contributed by atoms with Crippen LogP contribution in [0.2, 0.25) is 0 Å². The highest BCUT2D eigenvalue weighted by atomic mass is 31.2. The van der Waals surface area contributed by atoms with Gasteiger partial charge in [-0.15, -0.1) is 0 Å². The van der Waals surface area contributed by atoms with Crippen molar-refractivity contribution in [3.8, 4) is 0 Å². The van der Waals surface area contributed by atoms with E-state index in [-0.39, 0.29) is 12.5 Å². The van der Waals surface area contributed by atoms with Crippen molar-refractivity contribution in [3.05, 3.63) is 109 Å². The molecule has 0 aliphatic rings. The number of phosphoric acid groups is 1. The Bertz CT molecular complexity index is 1590. The molecule has 3 atom stereocenters. The molecule has 0 bridgehead atoms. The number of phosphoric ester groups is 1. The third-order valence-corrected chi connectivity index (χ3v) is 14.2. The molecule has 0 saturated heterocycles. The Morgan fingerprint density at radius 1 is 0.480 bits per heavy atom. The number of unbranched alkanes of at least 4 members (excludes halogenated alkanes) is 26.